The summed E-state index contributed by atoms with van der Waals surface area (Å²) < 4.78 is 28.7. The molecule has 0 fully saturated rings. The maximum Gasteiger partial charge on any atom is 0.288 e. The smallest absolute Gasteiger partial charge is 0.288 e. The van der Waals surface area contributed by atoms with Gasteiger partial charge in [-0.3, -0.25) is 4.55 Å². The first-order chi connectivity index (χ1) is 4.52. The molecular weight excluding hydrogens is 158 g/mol. The normalized spacial score (nSPS) is 13.7. The Kier molecular flexibility index (Phi) is 3.08. The van der Waals surface area contributed by atoms with E-state index in [-0.39, 0.29) is 6.54 Å². The zero-order valence-corrected chi connectivity index (χ0v) is 5.80. The maximum absolute atomic E-state index is 10.2. The van der Waals surface area contributed by atoms with Crippen molar-refractivity contribution in [3.63, 3.8) is 0 Å². The van der Waals surface area contributed by atoms with Crippen molar-refractivity contribution in [3.8, 4) is 6.19 Å². The SMILES string of the molecule is N#CNC(CN)S(=O)(=O)O. The quantitative estimate of drug-likeness (QED) is 0.259. The molecule has 0 aromatic heterocycles. The molecule has 0 spiro atoms. The molecule has 0 amide bonds. The highest BCUT2D eigenvalue weighted by atomic mass is 32.2. The minimum atomic E-state index is -4.24. The van der Waals surface area contributed by atoms with Crippen LogP contribution in [0.25, 0.3) is 0 Å². The highest BCUT2D eigenvalue weighted by Gasteiger charge is 2.19. The fourth-order valence-corrected chi connectivity index (χ4v) is 0.772. The second-order valence-corrected chi connectivity index (χ2v) is 3.09. The van der Waals surface area contributed by atoms with Gasteiger partial charge in [-0.25, -0.2) is 0 Å². The van der Waals surface area contributed by atoms with Gasteiger partial charge in [0.15, 0.2) is 11.6 Å². The van der Waals surface area contributed by atoms with E-state index in [1.165, 1.54) is 6.19 Å². The summed E-state index contributed by atoms with van der Waals surface area (Å²) in [7, 11) is -4.24. The van der Waals surface area contributed by atoms with Crippen LogP contribution in [0.5, 0.6) is 0 Å². The predicted octanol–water partition coefficient (Wildman–Crippen LogP) is -1.77. The van der Waals surface area contributed by atoms with Gasteiger partial charge >= 0.3 is 0 Å². The zero-order chi connectivity index (χ0) is 8.20. The molecule has 1 atom stereocenters. The van der Waals surface area contributed by atoms with E-state index >= 15 is 0 Å². The van der Waals surface area contributed by atoms with Crippen molar-refractivity contribution in [1.82, 2.24) is 5.32 Å². The second kappa shape index (κ2) is 3.36. The Labute approximate surface area is 58.4 Å². The molecule has 0 aromatic rings. The van der Waals surface area contributed by atoms with Crippen LogP contribution < -0.4 is 11.1 Å². The molecular formula is C3H7N3O3S. The van der Waals surface area contributed by atoms with Crippen LogP contribution in [0.4, 0.5) is 0 Å². The van der Waals surface area contributed by atoms with Gasteiger partial charge in [-0.1, -0.05) is 0 Å². The molecule has 0 aliphatic rings. The van der Waals surface area contributed by atoms with Crippen molar-refractivity contribution in [2.75, 3.05) is 6.54 Å². The summed E-state index contributed by atoms with van der Waals surface area (Å²) >= 11 is 0. The van der Waals surface area contributed by atoms with E-state index in [9.17, 15) is 8.42 Å². The second-order valence-electron chi connectivity index (χ2n) is 1.50. The minimum Gasteiger partial charge on any atom is -0.327 e. The number of nitrogens with zero attached hydrogens (tertiary/aromatic N) is 1. The minimum absolute atomic E-state index is 0.341. The molecule has 0 heterocycles. The van der Waals surface area contributed by atoms with Crippen molar-refractivity contribution in [1.29, 1.82) is 5.26 Å². The first-order valence-electron chi connectivity index (χ1n) is 2.33. The van der Waals surface area contributed by atoms with Gasteiger partial charge in [0.25, 0.3) is 10.1 Å². The third kappa shape index (κ3) is 2.63. The Balaban J connectivity index is 4.26. The molecule has 0 aliphatic carbocycles. The van der Waals surface area contributed by atoms with Gasteiger partial charge in [-0.2, -0.15) is 13.7 Å². The largest absolute Gasteiger partial charge is 0.327 e. The van der Waals surface area contributed by atoms with Crippen molar-refractivity contribution in [2.45, 2.75) is 5.37 Å². The Morgan fingerprint density at radius 3 is 2.40 bits per heavy atom. The number of hydrogen-bond donors (Lipinski definition) is 3. The molecule has 0 aliphatic heterocycles. The van der Waals surface area contributed by atoms with Crippen LogP contribution in [0.2, 0.25) is 0 Å². The van der Waals surface area contributed by atoms with Gasteiger partial charge in [-0.15, -0.1) is 0 Å². The van der Waals surface area contributed by atoms with Crippen LogP contribution in [0.3, 0.4) is 0 Å². The molecule has 0 rings (SSSR count). The number of hydrogen-bond acceptors (Lipinski definition) is 5. The first kappa shape index (κ1) is 9.16. The third-order valence-electron chi connectivity index (χ3n) is 0.799. The van der Waals surface area contributed by atoms with Crippen LogP contribution in [0.1, 0.15) is 0 Å². The van der Waals surface area contributed by atoms with Crippen LogP contribution >= 0.6 is 0 Å². The summed E-state index contributed by atoms with van der Waals surface area (Å²) in [6.07, 6.45) is 1.36. The van der Waals surface area contributed by atoms with E-state index in [1.807, 2.05) is 5.32 Å². The summed E-state index contributed by atoms with van der Waals surface area (Å²) in [4.78, 5) is 0. The molecule has 58 valence electrons. The molecule has 6 nitrogen and oxygen atoms in total. The Bertz CT molecular complexity index is 228. The lowest BCUT2D eigenvalue weighted by Gasteiger charge is -2.06. The molecule has 7 heteroatoms. The molecule has 0 bridgehead atoms. The van der Waals surface area contributed by atoms with Gasteiger partial charge in [0, 0.05) is 6.54 Å². The fraction of sp³-hybridized carbons (Fsp3) is 0.667. The lowest BCUT2D eigenvalue weighted by atomic mass is 10.6. The summed E-state index contributed by atoms with van der Waals surface area (Å²) in [5, 5.41) is 8.36. The van der Waals surface area contributed by atoms with E-state index in [0.717, 1.165) is 0 Å². The van der Waals surface area contributed by atoms with Crippen molar-refractivity contribution < 1.29 is 13.0 Å². The zero-order valence-electron chi connectivity index (χ0n) is 4.98. The number of nitrogens with two attached hydrogens (primary N) is 1. The van der Waals surface area contributed by atoms with E-state index in [1.54, 1.807) is 0 Å². The average molecular weight is 165 g/mol. The van der Waals surface area contributed by atoms with E-state index < -0.39 is 15.5 Å². The Morgan fingerprint density at radius 1 is 1.80 bits per heavy atom. The summed E-state index contributed by atoms with van der Waals surface area (Å²) in [5.41, 5.74) is 4.89. The van der Waals surface area contributed by atoms with Crippen LogP contribution in [-0.2, 0) is 10.1 Å². The standard InChI is InChI=1S/C3H7N3O3S/c4-1-3(6-2-5)10(7,8)9/h3,6H,1,4H2,(H,7,8,9). The van der Waals surface area contributed by atoms with Gasteiger partial charge in [0.05, 0.1) is 0 Å². The molecule has 0 saturated carbocycles. The van der Waals surface area contributed by atoms with Crippen molar-refractivity contribution >= 4 is 10.1 Å². The number of nitriles is 1. The monoisotopic (exact) mass is 165 g/mol. The van der Waals surface area contributed by atoms with Gasteiger partial charge in [0.1, 0.15) is 0 Å². The molecule has 0 saturated heterocycles. The summed E-state index contributed by atoms with van der Waals surface area (Å²) in [6.45, 7) is -0.341. The Hall–Kier alpha value is -0.840. The summed E-state index contributed by atoms with van der Waals surface area (Å²) in [6, 6.07) is 0. The topological polar surface area (TPSA) is 116 Å². The van der Waals surface area contributed by atoms with Gasteiger partial charge < -0.3 is 11.1 Å². The number of rotatable bonds is 3. The highest BCUT2D eigenvalue weighted by molar-refractivity contribution is 7.86. The van der Waals surface area contributed by atoms with Gasteiger partial charge in [0.2, 0.25) is 0 Å². The molecule has 0 aromatic carbocycles. The molecule has 10 heavy (non-hydrogen) atoms. The lowest BCUT2D eigenvalue weighted by molar-refractivity contribution is 0.461. The Morgan fingerprint density at radius 2 is 2.30 bits per heavy atom. The highest BCUT2D eigenvalue weighted by Crippen LogP contribution is 1.89. The fourth-order valence-electron chi connectivity index (χ4n) is 0.327. The van der Waals surface area contributed by atoms with Crippen LogP contribution in [0.15, 0.2) is 0 Å². The van der Waals surface area contributed by atoms with E-state index in [4.69, 9.17) is 15.5 Å². The van der Waals surface area contributed by atoms with Crippen molar-refractivity contribution in [2.24, 2.45) is 5.73 Å². The van der Waals surface area contributed by atoms with E-state index in [0.29, 0.717) is 0 Å². The maximum atomic E-state index is 10.2. The average Bonchev–Trinajstić information content (AvgIpc) is 1.80. The number of nitrogens with one attached hydrogen (secondary N) is 1. The van der Waals surface area contributed by atoms with Crippen LogP contribution in [0, 0.1) is 11.5 Å². The lowest BCUT2D eigenvalue weighted by Crippen LogP contribution is -2.39. The van der Waals surface area contributed by atoms with Crippen LogP contribution in [-0.4, -0.2) is 24.9 Å². The predicted molar refractivity (Wildman–Crippen MR) is 33.1 cm³/mol. The molecule has 4 N–H and O–H groups in total. The summed E-state index contributed by atoms with van der Waals surface area (Å²) in [5.74, 6) is 0. The molecule has 0 radical (unpaired) electrons. The van der Waals surface area contributed by atoms with Crippen molar-refractivity contribution in [3.05, 3.63) is 0 Å². The third-order valence-corrected chi connectivity index (χ3v) is 1.83. The van der Waals surface area contributed by atoms with E-state index in [2.05, 4.69) is 0 Å². The van der Waals surface area contributed by atoms with Gasteiger partial charge in [-0.05, 0) is 0 Å². The molecule has 1 unspecified atom stereocenters. The first-order valence-corrected chi connectivity index (χ1v) is 3.83.